The third-order valence-electron chi connectivity index (χ3n) is 7.56. The number of ether oxygens (including phenoxy) is 1. The molecule has 0 fully saturated rings. The van der Waals surface area contributed by atoms with Crippen LogP contribution in [0.2, 0.25) is 0 Å². The number of aliphatic imine (C=N–C) groups is 1. The molecule has 1 unspecified atom stereocenters. The van der Waals surface area contributed by atoms with Crippen molar-refractivity contribution in [3.8, 4) is 0 Å². The lowest BCUT2D eigenvalue weighted by atomic mass is 9.92. The monoisotopic (exact) mass is 615 g/mol. The molecule has 2 aliphatic heterocycles. The maximum atomic E-state index is 12.9. The number of hydrogen-bond donors (Lipinski definition) is 0. The van der Waals surface area contributed by atoms with Crippen LogP contribution in [0, 0.1) is 0 Å². The van der Waals surface area contributed by atoms with E-state index in [2.05, 4.69) is 24.3 Å². The van der Waals surface area contributed by atoms with E-state index in [0.29, 0.717) is 23.3 Å². The first-order valence-corrected chi connectivity index (χ1v) is 16.0. The Bertz CT molecular complexity index is 1800. The second kappa shape index (κ2) is 13.0. The fraction of sp³-hybridized carbons (Fsp3) is 0.135. The average molecular weight is 616 g/mol. The van der Waals surface area contributed by atoms with Crippen molar-refractivity contribution < 1.29 is 19.1 Å². The standard InChI is InChI=1S/C37H29NO4S2/c1-37(27-15-9-4-10-16-27)33(39)24-32(42-37)36(41)44-30-20-18-29(19-21-30)43-34(40)22-17-28-23-31(25-11-5-2-6-12-25)35(38-28)26-13-7-3-8-14-26/h2-16,18-21,24H,17,22-23H2,1H3. The van der Waals surface area contributed by atoms with Gasteiger partial charge in [0.15, 0.2) is 16.5 Å². The molecular formula is C37H29NO4S2. The molecular weight excluding hydrogens is 587 g/mol. The molecule has 2 heterocycles. The third kappa shape index (κ3) is 6.54. The smallest absolute Gasteiger partial charge is 0.258 e. The number of nitrogens with zero attached hydrogens (tertiary/aromatic N) is 1. The van der Waals surface area contributed by atoms with Crippen LogP contribution >= 0.6 is 23.5 Å². The average Bonchev–Trinajstić information content (AvgIpc) is 3.63. The van der Waals surface area contributed by atoms with Crippen molar-refractivity contribution in [1.82, 2.24) is 0 Å². The van der Waals surface area contributed by atoms with Gasteiger partial charge in [0.25, 0.3) is 5.12 Å². The molecule has 0 saturated heterocycles. The molecule has 6 rings (SSSR count). The Hall–Kier alpha value is -4.46. The Morgan fingerprint density at radius 1 is 0.773 bits per heavy atom. The van der Waals surface area contributed by atoms with Crippen molar-refractivity contribution in [2.45, 2.75) is 41.6 Å². The lowest BCUT2D eigenvalue weighted by molar-refractivity contribution is -0.130. The summed E-state index contributed by atoms with van der Waals surface area (Å²) in [6.07, 6.45) is 2.97. The summed E-state index contributed by atoms with van der Waals surface area (Å²) in [6.45, 7) is 1.68. The molecule has 0 saturated carbocycles. The van der Waals surface area contributed by atoms with Gasteiger partial charge >= 0.3 is 0 Å². The van der Waals surface area contributed by atoms with Gasteiger partial charge in [0.2, 0.25) is 5.78 Å². The number of carbonyl (C=O) groups is 3. The van der Waals surface area contributed by atoms with Crippen LogP contribution in [-0.4, -0.2) is 21.7 Å². The first-order valence-electron chi connectivity index (χ1n) is 14.3. The largest absolute Gasteiger partial charge is 0.470 e. The third-order valence-corrected chi connectivity index (χ3v) is 9.40. The normalized spacial score (nSPS) is 17.7. The van der Waals surface area contributed by atoms with Crippen molar-refractivity contribution in [1.29, 1.82) is 0 Å². The fourth-order valence-electron chi connectivity index (χ4n) is 5.19. The molecule has 218 valence electrons. The maximum Gasteiger partial charge on any atom is 0.258 e. The van der Waals surface area contributed by atoms with E-state index in [-0.39, 0.29) is 21.8 Å². The Kier molecular flexibility index (Phi) is 8.77. The van der Waals surface area contributed by atoms with Gasteiger partial charge in [-0.1, -0.05) is 103 Å². The van der Waals surface area contributed by atoms with Gasteiger partial charge in [-0.2, -0.15) is 0 Å². The van der Waals surface area contributed by atoms with E-state index in [1.54, 1.807) is 19.1 Å². The molecule has 0 N–H and O–H groups in total. The van der Waals surface area contributed by atoms with Crippen LogP contribution in [0.4, 0.5) is 0 Å². The zero-order chi connectivity index (χ0) is 30.5. The minimum absolute atomic E-state index is 0.0372. The molecule has 44 heavy (non-hydrogen) atoms. The molecule has 4 aromatic carbocycles. The molecule has 0 spiro atoms. The van der Waals surface area contributed by atoms with Gasteiger partial charge in [-0.25, -0.2) is 0 Å². The van der Waals surface area contributed by atoms with E-state index in [1.807, 2.05) is 78.9 Å². The van der Waals surface area contributed by atoms with E-state index in [4.69, 9.17) is 9.73 Å². The van der Waals surface area contributed by atoms with Crippen LogP contribution in [0.1, 0.15) is 42.9 Å². The summed E-state index contributed by atoms with van der Waals surface area (Å²) >= 11 is 2.18. The molecule has 7 heteroatoms. The summed E-state index contributed by atoms with van der Waals surface area (Å²) in [5.41, 5.74) is 4.88. The van der Waals surface area contributed by atoms with Crippen molar-refractivity contribution in [3.05, 3.63) is 144 Å². The second-order valence-electron chi connectivity index (χ2n) is 10.6. The number of allylic oxidation sites excluding steroid dienone is 1. The number of hydrogen-bond acceptors (Lipinski definition) is 7. The van der Waals surface area contributed by atoms with Gasteiger partial charge in [0.1, 0.15) is 0 Å². The summed E-state index contributed by atoms with van der Waals surface area (Å²) in [7, 11) is 0. The maximum absolute atomic E-state index is 12.9. The predicted octanol–water partition coefficient (Wildman–Crippen LogP) is 8.52. The molecule has 4 aromatic rings. The highest BCUT2D eigenvalue weighted by Crippen LogP contribution is 2.39. The minimum Gasteiger partial charge on any atom is -0.470 e. The lowest BCUT2D eigenvalue weighted by Gasteiger charge is -2.23. The predicted molar refractivity (Wildman–Crippen MR) is 177 cm³/mol. The van der Waals surface area contributed by atoms with Crippen LogP contribution in [-0.2, 0) is 24.7 Å². The topological polar surface area (TPSA) is 72.8 Å². The van der Waals surface area contributed by atoms with Gasteiger partial charge in [0.05, 0.1) is 5.70 Å². The van der Waals surface area contributed by atoms with Crippen molar-refractivity contribution in [3.63, 3.8) is 0 Å². The zero-order valence-electron chi connectivity index (χ0n) is 24.1. The zero-order valence-corrected chi connectivity index (χ0v) is 25.7. The summed E-state index contributed by atoms with van der Waals surface area (Å²) in [4.78, 5) is 45.0. The number of ketones is 1. The Morgan fingerprint density at radius 3 is 1.98 bits per heavy atom. The van der Waals surface area contributed by atoms with Crippen LogP contribution < -0.4 is 0 Å². The molecule has 0 aromatic heterocycles. The highest BCUT2D eigenvalue weighted by molar-refractivity contribution is 8.14. The lowest BCUT2D eigenvalue weighted by Crippen LogP contribution is -2.29. The SMILES string of the molecule is CC1(c2ccccc2)OC(C(=O)Sc2ccc(SC(=O)CCC3=NC(c4ccccc4)=C(c4ccccc4)C3)cc2)=CC1=O. The highest BCUT2D eigenvalue weighted by Gasteiger charge is 2.43. The summed E-state index contributed by atoms with van der Waals surface area (Å²) in [6, 6.07) is 36.9. The van der Waals surface area contributed by atoms with Crippen molar-refractivity contribution >= 4 is 56.5 Å². The first kappa shape index (κ1) is 29.6. The van der Waals surface area contributed by atoms with Crippen LogP contribution in [0.15, 0.2) is 142 Å². The number of thioether (sulfide) groups is 2. The van der Waals surface area contributed by atoms with E-state index in [1.165, 1.54) is 23.4 Å². The number of benzene rings is 4. The molecule has 0 bridgehead atoms. The molecule has 0 aliphatic carbocycles. The van der Waals surface area contributed by atoms with E-state index >= 15 is 0 Å². The Morgan fingerprint density at radius 2 is 1.34 bits per heavy atom. The summed E-state index contributed by atoms with van der Waals surface area (Å²) < 4.78 is 5.87. The Labute approximate surface area is 265 Å². The van der Waals surface area contributed by atoms with E-state index < -0.39 is 5.60 Å². The van der Waals surface area contributed by atoms with Gasteiger partial charge < -0.3 is 4.74 Å². The summed E-state index contributed by atoms with van der Waals surface area (Å²) in [5.74, 6) is -0.222. The van der Waals surface area contributed by atoms with Gasteiger partial charge in [-0.3, -0.25) is 19.4 Å². The minimum atomic E-state index is -1.21. The fourth-order valence-corrected chi connectivity index (χ4v) is 6.61. The van der Waals surface area contributed by atoms with Crippen molar-refractivity contribution in [2.24, 2.45) is 4.99 Å². The van der Waals surface area contributed by atoms with Crippen LogP contribution in [0.5, 0.6) is 0 Å². The first-order chi connectivity index (χ1) is 21.4. The van der Waals surface area contributed by atoms with Crippen molar-refractivity contribution in [2.75, 3.05) is 0 Å². The Balaban J connectivity index is 1.03. The highest BCUT2D eigenvalue weighted by atomic mass is 32.2. The number of rotatable bonds is 9. The second-order valence-corrected chi connectivity index (χ2v) is 12.8. The number of carbonyl (C=O) groups excluding carboxylic acids is 3. The molecule has 0 amide bonds. The molecule has 1 atom stereocenters. The van der Waals surface area contributed by atoms with Gasteiger partial charge in [-0.05, 0) is 60.5 Å². The molecule has 5 nitrogen and oxygen atoms in total. The van der Waals surface area contributed by atoms with Crippen LogP contribution in [0.3, 0.4) is 0 Å². The summed E-state index contributed by atoms with van der Waals surface area (Å²) in [5, 5.41) is -0.285. The molecule has 0 radical (unpaired) electrons. The van der Waals surface area contributed by atoms with Gasteiger partial charge in [0, 0.05) is 45.5 Å². The van der Waals surface area contributed by atoms with E-state index in [0.717, 1.165) is 45.6 Å². The van der Waals surface area contributed by atoms with Gasteiger partial charge in [-0.15, -0.1) is 0 Å². The quantitative estimate of drug-likeness (QED) is 0.176. The van der Waals surface area contributed by atoms with E-state index in [9.17, 15) is 14.4 Å². The molecule has 2 aliphatic rings. The van der Waals surface area contributed by atoms with Crippen LogP contribution in [0.25, 0.3) is 11.3 Å².